The van der Waals surface area contributed by atoms with Gasteiger partial charge in [0, 0.05) is 31.1 Å². The van der Waals surface area contributed by atoms with Crippen molar-refractivity contribution in [1.82, 2.24) is 15.0 Å². The summed E-state index contributed by atoms with van der Waals surface area (Å²) in [7, 11) is 0. The third-order valence-electron chi connectivity index (χ3n) is 3.72. The van der Waals surface area contributed by atoms with Crippen molar-refractivity contribution in [2.45, 2.75) is 26.8 Å². The quantitative estimate of drug-likeness (QED) is 0.865. The maximum atomic E-state index is 6.09. The SMILES string of the molecule is CCN(CC)c1nc(Cl)nc(N2CCc3sccc3C2)n1. The summed E-state index contributed by atoms with van der Waals surface area (Å²) >= 11 is 7.92. The molecule has 2 aromatic heterocycles. The third kappa shape index (κ3) is 2.96. The van der Waals surface area contributed by atoms with Crippen LogP contribution in [0.5, 0.6) is 0 Å². The summed E-state index contributed by atoms with van der Waals surface area (Å²) in [6.45, 7) is 7.64. The molecule has 0 spiro atoms. The Bertz CT molecular complexity index is 626. The second-order valence-corrected chi connectivity index (χ2v) is 6.26. The van der Waals surface area contributed by atoms with Gasteiger partial charge in [-0.05, 0) is 48.9 Å². The highest BCUT2D eigenvalue weighted by molar-refractivity contribution is 7.10. The average molecular weight is 324 g/mol. The van der Waals surface area contributed by atoms with Crippen LogP contribution in [-0.4, -0.2) is 34.6 Å². The zero-order chi connectivity index (χ0) is 14.8. The molecule has 0 radical (unpaired) electrons. The minimum absolute atomic E-state index is 0.262. The third-order valence-corrected chi connectivity index (χ3v) is 4.91. The minimum atomic E-state index is 0.262. The Labute approximate surface area is 133 Å². The molecule has 3 rings (SSSR count). The van der Waals surface area contributed by atoms with Gasteiger partial charge in [-0.2, -0.15) is 15.0 Å². The van der Waals surface area contributed by atoms with Crippen LogP contribution >= 0.6 is 22.9 Å². The van der Waals surface area contributed by atoms with E-state index in [9.17, 15) is 0 Å². The lowest BCUT2D eigenvalue weighted by molar-refractivity contribution is 0.707. The predicted molar refractivity (Wildman–Crippen MR) is 87.5 cm³/mol. The van der Waals surface area contributed by atoms with E-state index in [4.69, 9.17) is 11.6 Å². The number of halogens is 1. The van der Waals surface area contributed by atoms with E-state index in [-0.39, 0.29) is 5.28 Å². The Morgan fingerprint density at radius 1 is 1.29 bits per heavy atom. The number of fused-ring (bicyclic) bond motifs is 1. The first-order chi connectivity index (χ1) is 10.2. The van der Waals surface area contributed by atoms with Crippen LogP contribution in [0.15, 0.2) is 11.4 Å². The molecule has 112 valence electrons. The van der Waals surface area contributed by atoms with Crippen molar-refractivity contribution in [3.63, 3.8) is 0 Å². The van der Waals surface area contributed by atoms with E-state index < -0.39 is 0 Å². The normalized spacial score (nSPS) is 14.1. The van der Waals surface area contributed by atoms with Crippen LogP contribution in [0, 0.1) is 0 Å². The van der Waals surface area contributed by atoms with Crippen LogP contribution in [0.4, 0.5) is 11.9 Å². The molecule has 0 saturated heterocycles. The Morgan fingerprint density at radius 3 is 2.86 bits per heavy atom. The number of thiophene rings is 1. The van der Waals surface area contributed by atoms with E-state index in [0.717, 1.165) is 32.6 Å². The van der Waals surface area contributed by atoms with Crippen molar-refractivity contribution in [3.05, 3.63) is 27.2 Å². The lowest BCUT2D eigenvalue weighted by Gasteiger charge is -2.28. The van der Waals surface area contributed by atoms with E-state index in [1.165, 1.54) is 10.4 Å². The lowest BCUT2D eigenvalue weighted by atomic mass is 10.1. The molecule has 0 bridgehead atoms. The first-order valence-electron chi connectivity index (χ1n) is 7.18. The van der Waals surface area contributed by atoms with Gasteiger partial charge in [0.2, 0.25) is 17.2 Å². The molecule has 3 heterocycles. The van der Waals surface area contributed by atoms with Gasteiger partial charge in [0.25, 0.3) is 0 Å². The van der Waals surface area contributed by atoms with Gasteiger partial charge in [-0.3, -0.25) is 0 Å². The summed E-state index contributed by atoms with van der Waals surface area (Å²) in [5, 5.41) is 2.41. The molecule has 1 aliphatic rings. The molecule has 0 unspecified atom stereocenters. The van der Waals surface area contributed by atoms with Gasteiger partial charge in [0.1, 0.15) is 0 Å². The zero-order valence-electron chi connectivity index (χ0n) is 12.2. The van der Waals surface area contributed by atoms with Crippen LogP contribution in [0.25, 0.3) is 0 Å². The van der Waals surface area contributed by atoms with Crippen molar-refractivity contribution < 1.29 is 0 Å². The second kappa shape index (κ2) is 6.15. The highest BCUT2D eigenvalue weighted by Crippen LogP contribution is 2.27. The molecule has 0 aromatic carbocycles. The average Bonchev–Trinajstić information content (AvgIpc) is 2.95. The maximum Gasteiger partial charge on any atom is 0.231 e. The number of aromatic nitrogens is 3. The molecular formula is C14H18ClN5S. The van der Waals surface area contributed by atoms with E-state index >= 15 is 0 Å². The van der Waals surface area contributed by atoms with E-state index in [2.05, 4.69) is 50.0 Å². The zero-order valence-corrected chi connectivity index (χ0v) is 13.8. The van der Waals surface area contributed by atoms with Crippen LogP contribution < -0.4 is 9.80 Å². The molecule has 0 atom stereocenters. The van der Waals surface area contributed by atoms with Crippen LogP contribution in [0.3, 0.4) is 0 Å². The van der Waals surface area contributed by atoms with Gasteiger partial charge in [-0.15, -0.1) is 11.3 Å². The van der Waals surface area contributed by atoms with Crippen molar-refractivity contribution in [2.24, 2.45) is 0 Å². The van der Waals surface area contributed by atoms with Crippen molar-refractivity contribution >= 4 is 34.8 Å². The van der Waals surface area contributed by atoms with Crippen molar-refractivity contribution in [2.75, 3.05) is 29.4 Å². The molecular weight excluding hydrogens is 306 g/mol. The molecule has 5 nitrogen and oxygen atoms in total. The molecule has 0 saturated carbocycles. The Morgan fingerprint density at radius 2 is 2.10 bits per heavy atom. The Kier molecular flexibility index (Phi) is 4.26. The summed E-state index contributed by atoms with van der Waals surface area (Å²) in [4.78, 5) is 18.9. The number of anilines is 2. The molecule has 0 aliphatic carbocycles. The van der Waals surface area contributed by atoms with Crippen LogP contribution in [-0.2, 0) is 13.0 Å². The van der Waals surface area contributed by atoms with Gasteiger partial charge < -0.3 is 9.80 Å². The van der Waals surface area contributed by atoms with Gasteiger partial charge >= 0.3 is 0 Å². The minimum Gasteiger partial charge on any atom is -0.341 e. The number of nitrogens with zero attached hydrogens (tertiary/aromatic N) is 5. The second-order valence-electron chi connectivity index (χ2n) is 4.92. The molecule has 0 fully saturated rings. The van der Waals surface area contributed by atoms with E-state index in [1.54, 1.807) is 0 Å². The van der Waals surface area contributed by atoms with Crippen LogP contribution in [0.2, 0.25) is 5.28 Å². The monoisotopic (exact) mass is 323 g/mol. The lowest BCUT2D eigenvalue weighted by Crippen LogP contribution is -2.32. The summed E-state index contributed by atoms with van der Waals surface area (Å²) in [6.07, 6.45) is 1.04. The molecule has 2 aromatic rings. The van der Waals surface area contributed by atoms with Crippen LogP contribution in [0.1, 0.15) is 24.3 Å². The molecule has 1 aliphatic heterocycles. The maximum absolute atomic E-state index is 6.09. The smallest absolute Gasteiger partial charge is 0.231 e. The van der Waals surface area contributed by atoms with E-state index in [0.29, 0.717) is 11.9 Å². The highest BCUT2D eigenvalue weighted by atomic mass is 35.5. The van der Waals surface area contributed by atoms with Gasteiger partial charge in [0.15, 0.2) is 0 Å². The highest BCUT2D eigenvalue weighted by Gasteiger charge is 2.21. The molecule has 7 heteroatoms. The van der Waals surface area contributed by atoms with E-state index in [1.807, 2.05) is 11.3 Å². The van der Waals surface area contributed by atoms with Gasteiger partial charge in [0.05, 0.1) is 0 Å². The summed E-state index contributed by atoms with van der Waals surface area (Å²) in [5.74, 6) is 1.33. The predicted octanol–water partition coefficient (Wildman–Crippen LogP) is 3.00. The fraction of sp³-hybridized carbons (Fsp3) is 0.500. The van der Waals surface area contributed by atoms with Crippen molar-refractivity contribution in [1.29, 1.82) is 0 Å². The Balaban J connectivity index is 1.89. The van der Waals surface area contributed by atoms with Crippen molar-refractivity contribution in [3.8, 4) is 0 Å². The van der Waals surface area contributed by atoms with Gasteiger partial charge in [-0.1, -0.05) is 0 Å². The summed E-state index contributed by atoms with van der Waals surface area (Å²) < 4.78 is 0. The number of rotatable bonds is 4. The fourth-order valence-corrected chi connectivity index (χ4v) is 3.58. The summed E-state index contributed by atoms with van der Waals surface area (Å²) in [5.41, 5.74) is 1.37. The number of hydrogen-bond acceptors (Lipinski definition) is 6. The molecule has 21 heavy (non-hydrogen) atoms. The first-order valence-corrected chi connectivity index (χ1v) is 8.43. The topological polar surface area (TPSA) is 45.2 Å². The number of hydrogen-bond donors (Lipinski definition) is 0. The first kappa shape index (κ1) is 14.5. The summed E-state index contributed by atoms with van der Waals surface area (Å²) in [6, 6.07) is 2.18. The van der Waals surface area contributed by atoms with Gasteiger partial charge in [-0.25, -0.2) is 0 Å². The fourth-order valence-electron chi connectivity index (χ4n) is 2.54. The molecule has 0 N–H and O–H groups in total. The molecule has 0 amide bonds. The Hall–Kier alpha value is -1.40. The standard InChI is InChI=1S/C14H18ClN5S/c1-3-19(4-2)13-16-12(15)17-14(18-13)20-7-5-11-10(9-20)6-8-21-11/h6,8H,3-5,7,9H2,1-2H3. The largest absolute Gasteiger partial charge is 0.341 e.